The summed E-state index contributed by atoms with van der Waals surface area (Å²) in [5.74, 6) is 0.0875. The molecule has 1 fully saturated rings. The molecule has 2 rings (SSSR count). The summed E-state index contributed by atoms with van der Waals surface area (Å²) in [7, 11) is 0. The molecule has 0 bridgehead atoms. The number of halogens is 1. The maximum absolute atomic E-state index is 11.9. The molecule has 0 unspecified atom stereocenters. The number of nitrogens with one attached hydrogen (secondary N) is 2. The summed E-state index contributed by atoms with van der Waals surface area (Å²) in [6, 6.07) is 6.06. The van der Waals surface area contributed by atoms with Gasteiger partial charge in [-0.2, -0.15) is 0 Å². The molecule has 1 aromatic rings. The van der Waals surface area contributed by atoms with Crippen molar-refractivity contribution in [3.8, 4) is 0 Å². The summed E-state index contributed by atoms with van der Waals surface area (Å²) in [6.45, 7) is 5.02. The van der Waals surface area contributed by atoms with E-state index in [0.717, 1.165) is 30.6 Å². The van der Waals surface area contributed by atoms with E-state index in [2.05, 4.69) is 23.6 Å². The van der Waals surface area contributed by atoms with E-state index in [4.69, 9.17) is 0 Å². The second kappa shape index (κ2) is 6.03. The Morgan fingerprint density at radius 3 is 2.76 bits per heavy atom. The number of hydrogen-bond donors (Lipinski definition) is 2. The fourth-order valence-electron chi connectivity index (χ4n) is 2.08. The molecule has 2 N–H and O–H groups in total. The molecular weight excluding hydrogens is 236 g/mol. The van der Waals surface area contributed by atoms with Gasteiger partial charge in [0.15, 0.2) is 0 Å². The molecule has 1 heterocycles. The molecule has 0 radical (unpaired) electrons. The normalized spacial score (nSPS) is 18.6. The van der Waals surface area contributed by atoms with Gasteiger partial charge in [0.25, 0.3) is 0 Å². The van der Waals surface area contributed by atoms with Gasteiger partial charge >= 0.3 is 0 Å². The number of rotatable bonds is 2. The summed E-state index contributed by atoms with van der Waals surface area (Å²) in [6.07, 6.45) is 2.03. The van der Waals surface area contributed by atoms with E-state index in [9.17, 15) is 4.79 Å². The highest BCUT2D eigenvalue weighted by Crippen LogP contribution is 2.17. The first kappa shape index (κ1) is 14.0. The van der Waals surface area contributed by atoms with Gasteiger partial charge in [0.2, 0.25) is 5.91 Å². The quantitative estimate of drug-likeness (QED) is 0.851. The van der Waals surface area contributed by atoms with Crippen LogP contribution in [0.3, 0.4) is 0 Å². The van der Waals surface area contributed by atoms with Gasteiger partial charge in [-0.25, -0.2) is 0 Å². The molecule has 94 valence electrons. The molecule has 0 saturated carbocycles. The minimum Gasteiger partial charge on any atom is -0.324 e. The van der Waals surface area contributed by atoms with Gasteiger partial charge < -0.3 is 10.6 Å². The van der Waals surface area contributed by atoms with Gasteiger partial charge in [-0.3, -0.25) is 4.79 Å². The van der Waals surface area contributed by atoms with Crippen LogP contribution in [0.4, 0.5) is 5.69 Å². The number of amides is 1. The Kier molecular flexibility index (Phi) is 4.97. The fourth-order valence-corrected chi connectivity index (χ4v) is 2.08. The molecule has 1 saturated heterocycles. The Balaban J connectivity index is 0.00000144. The van der Waals surface area contributed by atoms with Crippen molar-refractivity contribution in [2.45, 2.75) is 32.7 Å². The van der Waals surface area contributed by atoms with Crippen LogP contribution in [0.2, 0.25) is 0 Å². The third kappa shape index (κ3) is 3.45. The third-order valence-corrected chi connectivity index (χ3v) is 3.02. The third-order valence-electron chi connectivity index (χ3n) is 3.02. The van der Waals surface area contributed by atoms with E-state index < -0.39 is 0 Å². The smallest absolute Gasteiger partial charge is 0.241 e. The van der Waals surface area contributed by atoms with Gasteiger partial charge in [-0.05, 0) is 44.9 Å². The van der Waals surface area contributed by atoms with Crippen molar-refractivity contribution in [2.24, 2.45) is 0 Å². The molecule has 17 heavy (non-hydrogen) atoms. The van der Waals surface area contributed by atoms with Crippen molar-refractivity contribution in [3.63, 3.8) is 0 Å². The average Bonchev–Trinajstić information content (AvgIpc) is 2.75. The molecule has 4 heteroatoms. The van der Waals surface area contributed by atoms with Gasteiger partial charge in [0, 0.05) is 5.69 Å². The van der Waals surface area contributed by atoms with Gasteiger partial charge in [0.05, 0.1) is 6.04 Å². The van der Waals surface area contributed by atoms with Crippen molar-refractivity contribution < 1.29 is 4.79 Å². The number of carbonyl (C=O) groups is 1. The van der Waals surface area contributed by atoms with Crippen LogP contribution < -0.4 is 10.6 Å². The van der Waals surface area contributed by atoms with Crippen molar-refractivity contribution >= 4 is 24.0 Å². The van der Waals surface area contributed by atoms with Gasteiger partial charge in [0.1, 0.15) is 0 Å². The first-order valence-corrected chi connectivity index (χ1v) is 5.78. The molecule has 1 aliphatic rings. The Labute approximate surface area is 108 Å². The number of aryl methyl sites for hydroxylation is 2. The molecule has 0 aromatic heterocycles. The van der Waals surface area contributed by atoms with Crippen molar-refractivity contribution in [1.29, 1.82) is 0 Å². The van der Waals surface area contributed by atoms with E-state index in [0.29, 0.717) is 0 Å². The molecule has 1 amide bonds. The highest BCUT2D eigenvalue weighted by Gasteiger charge is 2.22. The lowest BCUT2D eigenvalue weighted by Gasteiger charge is -2.13. The highest BCUT2D eigenvalue weighted by molar-refractivity contribution is 5.95. The largest absolute Gasteiger partial charge is 0.324 e. The van der Waals surface area contributed by atoms with Crippen LogP contribution in [0.5, 0.6) is 0 Å². The van der Waals surface area contributed by atoms with E-state index in [1.807, 2.05) is 19.1 Å². The maximum atomic E-state index is 11.9. The maximum Gasteiger partial charge on any atom is 0.241 e. The summed E-state index contributed by atoms with van der Waals surface area (Å²) in [5.41, 5.74) is 3.25. The number of anilines is 1. The van der Waals surface area contributed by atoms with Crippen LogP contribution >= 0.6 is 12.4 Å². The Morgan fingerprint density at radius 1 is 1.41 bits per heavy atom. The standard InChI is InChI=1S/C13H18N2O.ClH/c1-9-5-6-11(10(2)8-9)15-13(16)12-4-3-7-14-12;/h5-6,8,12,14H,3-4,7H2,1-2H3,(H,15,16);1H/t12-;/m0./s1. The second-order valence-electron chi connectivity index (χ2n) is 4.46. The van der Waals surface area contributed by atoms with Gasteiger partial charge in [-0.1, -0.05) is 17.7 Å². The highest BCUT2D eigenvalue weighted by atomic mass is 35.5. The number of benzene rings is 1. The zero-order valence-corrected chi connectivity index (χ0v) is 11.1. The predicted octanol–water partition coefficient (Wildman–Crippen LogP) is 2.42. The number of carbonyl (C=O) groups excluding carboxylic acids is 1. The lowest BCUT2D eigenvalue weighted by atomic mass is 10.1. The zero-order valence-electron chi connectivity index (χ0n) is 10.2. The van der Waals surface area contributed by atoms with E-state index in [-0.39, 0.29) is 24.4 Å². The lowest BCUT2D eigenvalue weighted by molar-refractivity contribution is -0.117. The molecule has 1 atom stereocenters. The van der Waals surface area contributed by atoms with Crippen LogP contribution in [-0.4, -0.2) is 18.5 Å². The summed E-state index contributed by atoms with van der Waals surface area (Å²) in [4.78, 5) is 11.9. The fraction of sp³-hybridized carbons (Fsp3) is 0.462. The van der Waals surface area contributed by atoms with Crippen molar-refractivity contribution in [3.05, 3.63) is 29.3 Å². The average molecular weight is 255 g/mol. The van der Waals surface area contributed by atoms with E-state index in [1.165, 1.54) is 5.56 Å². The van der Waals surface area contributed by atoms with Crippen LogP contribution in [0.15, 0.2) is 18.2 Å². The predicted molar refractivity (Wildman–Crippen MR) is 72.8 cm³/mol. The Bertz CT molecular complexity index is 400. The molecule has 1 aliphatic heterocycles. The van der Waals surface area contributed by atoms with Gasteiger partial charge in [-0.15, -0.1) is 12.4 Å². The first-order valence-electron chi connectivity index (χ1n) is 5.78. The Hall–Kier alpha value is -1.06. The lowest BCUT2D eigenvalue weighted by Crippen LogP contribution is -2.35. The molecular formula is C13H19ClN2O. The minimum atomic E-state index is -0.0132. The topological polar surface area (TPSA) is 41.1 Å². The first-order chi connectivity index (χ1) is 7.66. The van der Waals surface area contributed by atoms with E-state index in [1.54, 1.807) is 0 Å². The van der Waals surface area contributed by atoms with Crippen molar-refractivity contribution in [1.82, 2.24) is 5.32 Å². The summed E-state index contributed by atoms with van der Waals surface area (Å²) in [5, 5.41) is 6.17. The zero-order chi connectivity index (χ0) is 11.5. The summed E-state index contributed by atoms with van der Waals surface area (Å²) < 4.78 is 0. The van der Waals surface area contributed by atoms with Crippen molar-refractivity contribution in [2.75, 3.05) is 11.9 Å². The molecule has 3 nitrogen and oxygen atoms in total. The van der Waals surface area contributed by atoms with Crippen LogP contribution in [0, 0.1) is 13.8 Å². The van der Waals surface area contributed by atoms with E-state index >= 15 is 0 Å². The van der Waals surface area contributed by atoms with Crippen LogP contribution in [0.1, 0.15) is 24.0 Å². The minimum absolute atomic E-state index is 0. The summed E-state index contributed by atoms with van der Waals surface area (Å²) >= 11 is 0. The van der Waals surface area contributed by atoms with Crippen LogP contribution in [-0.2, 0) is 4.79 Å². The SMILES string of the molecule is Cc1ccc(NC(=O)[C@@H]2CCCN2)c(C)c1.Cl. The van der Waals surface area contributed by atoms with Crippen LogP contribution in [0.25, 0.3) is 0 Å². The molecule has 1 aromatic carbocycles. The molecule has 0 aliphatic carbocycles. The Morgan fingerprint density at radius 2 is 2.18 bits per heavy atom. The second-order valence-corrected chi connectivity index (χ2v) is 4.46. The number of hydrogen-bond acceptors (Lipinski definition) is 2. The molecule has 0 spiro atoms. The monoisotopic (exact) mass is 254 g/mol.